The maximum absolute atomic E-state index is 11.9. The second-order valence-electron chi connectivity index (χ2n) is 4.06. The van der Waals surface area contributed by atoms with E-state index in [1.165, 1.54) is 0 Å². The van der Waals surface area contributed by atoms with Gasteiger partial charge in [0.15, 0.2) is 0 Å². The summed E-state index contributed by atoms with van der Waals surface area (Å²) >= 11 is 5.91. The van der Waals surface area contributed by atoms with Crippen molar-refractivity contribution in [1.29, 1.82) is 0 Å². The van der Waals surface area contributed by atoms with Crippen LogP contribution in [0.2, 0.25) is 5.02 Å². The number of hydrogen-bond acceptors (Lipinski definition) is 2. The van der Waals surface area contributed by atoms with Crippen molar-refractivity contribution in [3.8, 4) is 0 Å². The first kappa shape index (κ1) is 12.6. The number of aromatic nitrogens is 2. The highest BCUT2D eigenvalue weighted by atomic mass is 35.5. The Morgan fingerprint density at radius 1 is 1.44 bits per heavy atom. The van der Waals surface area contributed by atoms with Crippen LogP contribution >= 0.6 is 11.6 Å². The molecule has 1 aromatic heterocycles. The fourth-order valence-electron chi connectivity index (χ4n) is 1.70. The van der Waals surface area contributed by atoms with Crippen LogP contribution in [0.25, 0.3) is 0 Å². The van der Waals surface area contributed by atoms with Gasteiger partial charge in [-0.1, -0.05) is 11.6 Å². The molecule has 0 aliphatic heterocycles. The molecule has 0 aliphatic rings. The molecule has 4 nitrogen and oxygen atoms in total. The van der Waals surface area contributed by atoms with Gasteiger partial charge in [0, 0.05) is 35.9 Å². The number of H-pyrrole nitrogens is 1. The average molecular weight is 264 g/mol. The first-order valence-corrected chi connectivity index (χ1v) is 6.06. The number of aromatic amines is 1. The largest absolute Gasteiger partial charge is 0.352 e. The molecule has 0 bridgehead atoms. The summed E-state index contributed by atoms with van der Waals surface area (Å²) in [5.74, 6) is 0.740. The highest BCUT2D eigenvalue weighted by Crippen LogP contribution is 2.14. The van der Waals surface area contributed by atoms with E-state index in [4.69, 9.17) is 11.6 Å². The van der Waals surface area contributed by atoms with Crippen LogP contribution < -0.4 is 5.32 Å². The molecule has 0 aliphatic carbocycles. The summed E-state index contributed by atoms with van der Waals surface area (Å²) < 4.78 is 0. The van der Waals surface area contributed by atoms with Gasteiger partial charge in [0.1, 0.15) is 5.82 Å². The predicted octanol–water partition coefficient (Wildman–Crippen LogP) is 2.34. The van der Waals surface area contributed by atoms with E-state index in [9.17, 15) is 4.79 Å². The van der Waals surface area contributed by atoms with Crippen LogP contribution in [-0.2, 0) is 6.42 Å². The number of carbonyl (C=O) groups excluding carboxylic acids is 1. The van der Waals surface area contributed by atoms with Crippen LogP contribution in [0.3, 0.4) is 0 Å². The van der Waals surface area contributed by atoms with Gasteiger partial charge in [0.25, 0.3) is 5.91 Å². The minimum absolute atomic E-state index is 0.118. The second kappa shape index (κ2) is 5.69. The zero-order valence-corrected chi connectivity index (χ0v) is 10.8. The number of amides is 1. The smallest absolute Gasteiger partial charge is 0.251 e. The van der Waals surface area contributed by atoms with Crippen molar-refractivity contribution in [2.75, 3.05) is 6.54 Å². The van der Waals surface area contributed by atoms with E-state index in [-0.39, 0.29) is 5.91 Å². The molecule has 1 heterocycles. The normalized spacial score (nSPS) is 10.3. The van der Waals surface area contributed by atoms with Crippen molar-refractivity contribution < 1.29 is 4.79 Å². The van der Waals surface area contributed by atoms with Crippen LogP contribution in [0.15, 0.2) is 30.6 Å². The molecule has 1 amide bonds. The Morgan fingerprint density at radius 2 is 2.28 bits per heavy atom. The molecular formula is C13H14ClN3O. The maximum atomic E-state index is 11.9. The first-order valence-electron chi connectivity index (χ1n) is 5.69. The number of halogens is 1. The zero-order valence-electron chi connectivity index (χ0n) is 10.0. The van der Waals surface area contributed by atoms with Crippen LogP contribution in [0.4, 0.5) is 0 Å². The van der Waals surface area contributed by atoms with Crippen molar-refractivity contribution in [2.45, 2.75) is 13.3 Å². The van der Waals surface area contributed by atoms with Crippen molar-refractivity contribution in [3.05, 3.63) is 52.6 Å². The molecule has 18 heavy (non-hydrogen) atoms. The lowest BCUT2D eigenvalue weighted by Gasteiger charge is -2.05. The minimum atomic E-state index is -0.118. The van der Waals surface area contributed by atoms with Crippen molar-refractivity contribution in [1.82, 2.24) is 15.3 Å². The first-order chi connectivity index (χ1) is 8.65. The number of carbonyl (C=O) groups is 1. The second-order valence-corrected chi connectivity index (χ2v) is 4.50. The molecular weight excluding hydrogens is 250 g/mol. The van der Waals surface area contributed by atoms with E-state index in [0.717, 1.165) is 11.4 Å². The number of aryl methyl sites for hydroxylation is 1. The summed E-state index contributed by atoms with van der Waals surface area (Å²) in [5.41, 5.74) is 1.55. The Kier molecular flexibility index (Phi) is 3.99. The van der Waals surface area contributed by atoms with Gasteiger partial charge in [-0.3, -0.25) is 4.79 Å². The van der Waals surface area contributed by atoms with Gasteiger partial charge in [0.2, 0.25) is 0 Å². The Balaban J connectivity index is 1.91. The van der Waals surface area contributed by atoms with Gasteiger partial charge in [-0.05, 0) is 30.7 Å². The number of nitrogens with zero attached hydrogens (tertiary/aromatic N) is 1. The predicted molar refractivity (Wildman–Crippen MR) is 70.8 cm³/mol. The van der Waals surface area contributed by atoms with E-state index in [1.807, 2.05) is 19.1 Å². The molecule has 1 aromatic carbocycles. The zero-order chi connectivity index (χ0) is 13.0. The Hall–Kier alpha value is -1.81. The summed E-state index contributed by atoms with van der Waals surface area (Å²) in [5, 5.41) is 3.41. The Labute approximate surface area is 110 Å². The van der Waals surface area contributed by atoms with Gasteiger partial charge in [-0.15, -0.1) is 0 Å². The molecule has 0 unspecified atom stereocenters. The number of rotatable bonds is 4. The van der Waals surface area contributed by atoms with Gasteiger partial charge in [0.05, 0.1) is 0 Å². The van der Waals surface area contributed by atoms with Gasteiger partial charge < -0.3 is 10.3 Å². The average Bonchev–Trinajstić information content (AvgIpc) is 2.80. The van der Waals surface area contributed by atoms with E-state index in [2.05, 4.69) is 15.3 Å². The Bertz CT molecular complexity index is 517. The summed E-state index contributed by atoms with van der Waals surface area (Å²) in [6.07, 6.45) is 4.13. The summed E-state index contributed by atoms with van der Waals surface area (Å²) in [6.45, 7) is 2.45. The lowest BCUT2D eigenvalue weighted by Crippen LogP contribution is -2.26. The molecule has 94 valence electrons. The quantitative estimate of drug-likeness (QED) is 0.890. The third kappa shape index (κ3) is 3.34. The third-order valence-corrected chi connectivity index (χ3v) is 2.72. The fraction of sp³-hybridized carbons (Fsp3) is 0.231. The van der Waals surface area contributed by atoms with Crippen LogP contribution in [-0.4, -0.2) is 22.4 Å². The maximum Gasteiger partial charge on any atom is 0.251 e. The van der Waals surface area contributed by atoms with Crippen LogP contribution in [0.5, 0.6) is 0 Å². The lowest BCUT2D eigenvalue weighted by molar-refractivity contribution is 0.0954. The Morgan fingerprint density at radius 3 is 2.94 bits per heavy atom. The van der Waals surface area contributed by atoms with Crippen LogP contribution in [0, 0.1) is 6.92 Å². The van der Waals surface area contributed by atoms with E-state index in [0.29, 0.717) is 23.6 Å². The summed E-state index contributed by atoms with van der Waals surface area (Å²) in [4.78, 5) is 18.9. The molecule has 0 fully saturated rings. The number of nitrogens with one attached hydrogen (secondary N) is 2. The van der Waals surface area contributed by atoms with E-state index >= 15 is 0 Å². The van der Waals surface area contributed by atoms with Gasteiger partial charge in [-0.2, -0.15) is 0 Å². The number of hydrogen-bond donors (Lipinski definition) is 2. The molecule has 2 aromatic rings. The highest BCUT2D eigenvalue weighted by Gasteiger charge is 2.06. The molecule has 0 radical (unpaired) electrons. The standard InChI is InChI=1S/C13H14ClN3O/c1-9-6-10(8-11(14)7-9)13(18)17-3-2-12-15-4-5-16-12/h4-8H,2-3H2,1H3,(H,15,16)(H,17,18). The van der Waals surface area contributed by atoms with Crippen molar-refractivity contribution >= 4 is 17.5 Å². The van der Waals surface area contributed by atoms with Gasteiger partial charge >= 0.3 is 0 Å². The highest BCUT2D eigenvalue weighted by molar-refractivity contribution is 6.31. The number of benzene rings is 1. The van der Waals surface area contributed by atoms with Crippen LogP contribution in [0.1, 0.15) is 21.7 Å². The van der Waals surface area contributed by atoms with Gasteiger partial charge in [-0.25, -0.2) is 4.98 Å². The number of imidazole rings is 1. The van der Waals surface area contributed by atoms with E-state index in [1.54, 1.807) is 18.5 Å². The fourth-order valence-corrected chi connectivity index (χ4v) is 1.99. The van der Waals surface area contributed by atoms with Crippen molar-refractivity contribution in [3.63, 3.8) is 0 Å². The minimum Gasteiger partial charge on any atom is -0.352 e. The molecule has 0 saturated carbocycles. The van der Waals surface area contributed by atoms with E-state index < -0.39 is 0 Å². The van der Waals surface area contributed by atoms with Crippen molar-refractivity contribution in [2.24, 2.45) is 0 Å². The molecule has 2 N–H and O–H groups in total. The molecule has 2 rings (SSSR count). The molecule has 0 atom stereocenters. The lowest BCUT2D eigenvalue weighted by atomic mass is 10.1. The summed E-state index contributed by atoms with van der Waals surface area (Å²) in [7, 11) is 0. The SMILES string of the molecule is Cc1cc(Cl)cc(C(=O)NCCc2ncc[nH]2)c1. The molecule has 0 saturated heterocycles. The topological polar surface area (TPSA) is 57.8 Å². The monoisotopic (exact) mass is 263 g/mol. The summed E-state index contributed by atoms with van der Waals surface area (Å²) in [6, 6.07) is 5.30. The third-order valence-electron chi connectivity index (χ3n) is 2.51. The molecule has 0 spiro atoms. The molecule has 5 heteroatoms.